The molecule has 0 atom stereocenters. The van der Waals surface area contributed by atoms with E-state index in [2.05, 4.69) is 10.1 Å². The van der Waals surface area contributed by atoms with Crippen molar-refractivity contribution in [1.82, 2.24) is 19.9 Å². The van der Waals surface area contributed by atoms with Crippen LogP contribution in [-0.4, -0.2) is 57.9 Å². The van der Waals surface area contributed by atoms with E-state index in [9.17, 15) is 14.0 Å². The summed E-state index contributed by atoms with van der Waals surface area (Å²) in [6.07, 6.45) is 0.540. The highest BCUT2D eigenvalue weighted by Gasteiger charge is 2.25. The zero-order valence-electron chi connectivity index (χ0n) is 18.2. The standard InChI is InChI=1S/C24H25FN4O3/c1-16-3-6-18(7-4-16)24(31)29-13-11-28(12-14-29)22(30)10-9-21-26-23(27-32-21)19-8-5-17(2)20(25)15-19/h3-8,15H,9-14H2,1-2H3. The minimum Gasteiger partial charge on any atom is -0.339 e. The molecule has 0 spiro atoms. The van der Waals surface area contributed by atoms with Crippen molar-refractivity contribution in [2.45, 2.75) is 26.7 Å². The van der Waals surface area contributed by atoms with Crippen molar-refractivity contribution in [3.05, 3.63) is 70.9 Å². The number of rotatable bonds is 5. The van der Waals surface area contributed by atoms with E-state index in [-0.39, 0.29) is 24.1 Å². The fourth-order valence-corrected chi connectivity index (χ4v) is 3.62. The van der Waals surface area contributed by atoms with Crippen LogP contribution in [0.25, 0.3) is 11.4 Å². The Labute approximate surface area is 185 Å². The van der Waals surface area contributed by atoms with Crippen LogP contribution in [0.15, 0.2) is 47.0 Å². The van der Waals surface area contributed by atoms with Crippen LogP contribution in [0.5, 0.6) is 0 Å². The Hall–Kier alpha value is -3.55. The number of aromatic nitrogens is 2. The number of carbonyl (C=O) groups excluding carboxylic acids is 2. The highest BCUT2D eigenvalue weighted by atomic mass is 19.1. The van der Waals surface area contributed by atoms with E-state index in [1.807, 2.05) is 31.2 Å². The number of hydrogen-bond acceptors (Lipinski definition) is 5. The maximum Gasteiger partial charge on any atom is 0.253 e. The fraction of sp³-hybridized carbons (Fsp3) is 0.333. The molecule has 0 N–H and O–H groups in total. The Morgan fingerprint density at radius 1 is 1.00 bits per heavy atom. The lowest BCUT2D eigenvalue weighted by molar-refractivity contribution is -0.132. The number of halogens is 1. The molecule has 0 radical (unpaired) electrons. The maximum absolute atomic E-state index is 13.8. The van der Waals surface area contributed by atoms with Crippen LogP contribution in [0.4, 0.5) is 4.39 Å². The second-order valence-corrected chi connectivity index (χ2v) is 8.01. The van der Waals surface area contributed by atoms with Gasteiger partial charge >= 0.3 is 0 Å². The predicted octanol–water partition coefficient (Wildman–Crippen LogP) is 3.41. The molecule has 1 aliphatic heterocycles. The van der Waals surface area contributed by atoms with Crippen LogP contribution in [0.2, 0.25) is 0 Å². The van der Waals surface area contributed by atoms with E-state index >= 15 is 0 Å². The lowest BCUT2D eigenvalue weighted by Crippen LogP contribution is -2.50. The van der Waals surface area contributed by atoms with Gasteiger partial charge in [-0.3, -0.25) is 9.59 Å². The second-order valence-electron chi connectivity index (χ2n) is 8.01. The van der Waals surface area contributed by atoms with Crippen molar-refractivity contribution < 1.29 is 18.5 Å². The number of aryl methyl sites for hydroxylation is 3. The molecule has 1 aliphatic rings. The van der Waals surface area contributed by atoms with Crippen molar-refractivity contribution in [1.29, 1.82) is 0 Å². The molecule has 2 aromatic carbocycles. The second kappa shape index (κ2) is 9.30. The topological polar surface area (TPSA) is 79.5 Å². The minimum absolute atomic E-state index is 0.0111. The molecule has 4 rings (SSSR count). The minimum atomic E-state index is -0.330. The van der Waals surface area contributed by atoms with E-state index in [0.29, 0.717) is 61.0 Å². The maximum atomic E-state index is 13.8. The summed E-state index contributed by atoms with van der Waals surface area (Å²) in [4.78, 5) is 33.0. The summed E-state index contributed by atoms with van der Waals surface area (Å²) in [5.41, 5.74) is 2.85. The monoisotopic (exact) mass is 436 g/mol. The highest BCUT2D eigenvalue weighted by Crippen LogP contribution is 2.19. The van der Waals surface area contributed by atoms with Crippen molar-refractivity contribution in [3.8, 4) is 11.4 Å². The third-order valence-electron chi connectivity index (χ3n) is 5.67. The first-order valence-electron chi connectivity index (χ1n) is 10.6. The van der Waals surface area contributed by atoms with E-state index < -0.39 is 0 Å². The molecule has 0 unspecified atom stereocenters. The van der Waals surface area contributed by atoms with E-state index in [1.54, 1.807) is 28.9 Å². The Morgan fingerprint density at radius 3 is 2.38 bits per heavy atom. The first-order valence-corrected chi connectivity index (χ1v) is 10.6. The first-order chi connectivity index (χ1) is 15.4. The summed E-state index contributed by atoms with van der Waals surface area (Å²) in [5, 5.41) is 3.89. The van der Waals surface area contributed by atoms with Crippen LogP contribution in [-0.2, 0) is 11.2 Å². The van der Waals surface area contributed by atoms with Crippen molar-refractivity contribution in [3.63, 3.8) is 0 Å². The third kappa shape index (κ3) is 4.85. The molecular weight excluding hydrogens is 411 g/mol. The lowest BCUT2D eigenvalue weighted by atomic mass is 10.1. The predicted molar refractivity (Wildman–Crippen MR) is 116 cm³/mol. The van der Waals surface area contributed by atoms with Crippen LogP contribution in [0, 0.1) is 19.7 Å². The fourth-order valence-electron chi connectivity index (χ4n) is 3.62. The zero-order valence-corrected chi connectivity index (χ0v) is 18.2. The van der Waals surface area contributed by atoms with Crippen molar-refractivity contribution in [2.24, 2.45) is 0 Å². The molecule has 1 aromatic heterocycles. The Kier molecular flexibility index (Phi) is 6.30. The number of carbonyl (C=O) groups is 2. The molecule has 3 aromatic rings. The largest absolute Gasteiger partial charge is 0.339 e. The van der Waals surface area contributed by atoms with Gasteiger partial charge in [0.25, 0.3) is 5.91 Å². The van der Waals surface area contributed by atoms with E-state index in [4.69, 9.17) is 4.52 Å². The molecular formula is C24H25FN4O3. The first kappa shape index (κ1) is 21.7. The summed E-state index contributed by atoms with van der Waals surface area (Å²) in [5.74, 6) is 0.276. The van der Waals surface area contributed by atoms with Gasteiger partial charge in [-0.1, -0.05) is 35.0 Å². The number of amides is 2. The quantitative estimate of drug-likeness (QED) is 0.612. The highest BCUT2D eigenvalue weighted by molar-refractivity contribution is 5.94. The number of benzene rings is 2. The molecule has 7 nitrogen and oxygen atoms in total. The zero-order chi connectivity index (χ0) is 22.7. The van der Waals surface area contributed by atoms with E-state index in [1.165, 1.54) is 6.07 Å². The molecule has 2 heterocycles. The van der Waals surface area contributed by atoms with Crippen LogP contribution in [0.1, 0.15) is 33.8 Å². The molecule has 1 fully saturated rings. The summed E-state index contributed by atoms with van der Waals surface area (Å²) < 4.78 is 19.0. The summed E-state index contributed by atoms with van der Waals surface area (Å²) >= 11 is 0. The van der Waals surface area contributed by atoms with Gasteiger partial charge in [0.05, 0.1) is 0 Å². The lowest BCUT2D eigenvalue weighted by Gasteiger charge is -2.34. The van der Waals surface area contributed by atoms with Crippen LogP contribution >= 0.6 is 0 Å². The van der Waals surface area contributed by atoms with Crippen molar-refractivity contribution >= 4 is 11.8 Å². The van der Waals surface area contributed by atoms with Gasteiger partial charge in [0.2, 0.25) is 17.6 Å². The van der Waals surface area contributed by atoms with Crippen LogP contribution < -0.4 is 0 Å². The van der Waals surface area contributed by atoms with Gasteiger partial charge in [-0.2, -0.15) is 4.98 Å². The SMILES string of the molecule is Cc1ccc(C(=O)N2CCN(C(=O)CCc3nc(-c4ccc(C)c(F)c4)no3)CC2)cc1. The molecule has 0 saturated carbocycles. The van der Waals surface area contributed by atoms with Gasteiger partial charge in [0.1, 0.15) is 5.82 Å². The molecule has 166 valence electrons. The Morgan fingerprint density at radius 2 is 1.69 bits per heavy atom. The van der Waals surface area contributed by atoms with Gasteiger partial charge in [-0.15, -0.1) is 0 Å². The van der Waals surface area contributed by atoms with E-state index in [0.717, 1.165) is 5.56 Å². The average Bonchev–Trinajstić information content (AvgIpc) is 3.28. The average molecular weight is 436 g/mol. The summed E-state index contributed by atoms with van der Waals surface area (Å²) in [6, 6.07) is 12.3. The summed E-state index contributed by atoms with van der Waals surface area (Å²) in [6.45, 7) is 5.66. The number of piperazine rings is 1. The Bertz CT molecular complexity index is 1120. The third-order valence-corrected chi connectivity index (χ3v) is 5.67. The molecule has 1 saturated heterocycles. The molecule has 0 aliphatic carbocycles. The molecule has 32 heavy (non-hydrogen) atoms. The van der Waals surface area contributed by atoms with Gasteiger partial charge in [0.15, 0.2) is 0 Å². The smallest absolute Gasteiger partial charge is 0.253 e. The van der Waals surface area contributed by atoms with Gasteiger partial charge in [-0.05, 0) is 37.6 Å². The van der Waals surface area contributed by atoms with Gasteiger partial charge in [-0.25, -0.2) is 4.39 Å². The number of nitrogens with zero attached hydrogens (tertiary/aromatic N) is 4. The number of hydrogen-bond donors (Lipinski definition) is 0. The normalized spacial score (nSPS) is 14.0. The van der Waals surface area contributed by atoms with Gasteiger partial charge < -0.3 is 14.3 Å². The van der Waals surface area contributed by atoms with Gasteiger partial charge in [0, 0.05) is 50.1 Å². The van der Waals surface area contributed by atoms with Crippen LogP contribution in [0.3, 0.4) is 0 Å². The Balaban J connectivity index is 1.27. The molecule has 0 bridgehead atoms. The molecule has 8 heteroatoms. The van der Waals surface area contributed by atoms with Crippen molar-refractivity contribution in [2.75, 3.05) is 26.2 Å². The molecule has 2 amide bonds. The summed E-state index contributed by atoms with van der Waals surface area (Å²) in [7, 11) is 0.